The fourth-order valence-corrected chi connectivity index (χ4v) is 5.14. The number of fused-ring (bicyclic) bond motifs is 3. The van der Waals surface area contributed by atoms with E-state index >= 15 is 0 Å². The van der Waals surface area contributed by atoms with Gasteiger partial charge in [0.25, 0.3) is 10.0 Å². The molecule has 1 N–H and O–H groups in total. The maximum atomic E-state index is 12.7. The fraction of sp³-hybridized carbons (Fsp3) is 0.200. The number of ether oxygens (including phenoxy) is 1. The Kier molecular flexibility index (Phi) is 3.21. The summed E-state index contributed by atoms with van der Waals surface area (Å²) >= 11 is 1.22. The molecule has 0 atom stereocenters. The number of nitrogens with zero attached hydrogens (tertiary/aromatic N) is 1. The van der Waals surface area contributed by atoms with Crippen LogP contribution < -0.4 is 10.1 Å². The zero-order valence-electron chi connectivity index (χ0n) is 11.7. The van der Waals surface area contributed by atoms with E-state index in [1.807, 2.05) is 18.2 Å². The molecule has 0 saturated carbocycles. The average Bonchev–Trinajstić information content (AvgIpc) is 3.13. The van der Waals surface area contributed by atoms with E-state index in [-0.39, 0.29) is 0 Å². The van der Waals surface area contributed by atoms with Gasteiger partial charge in [0.05, 0.1) is 5.52 Å². The minimum Gasteiger partial charge on any atom is -0.492 e. The molecule has 114 valence electrons. The van der Waals surface area contributed by atoms with E-state index in [0.29, 0.717) is 22.9 Å². The van der Waals surface area contributed by atoms with E-state index in [9.17, 15) is 8.42 Å². The maximum Gasteiger partial charge on any atom is 0.277 e. The highest BCUT2D eigenvalue weighted by Gasteiger charge is 2.22. The third kappa shape index (κ3) is 2.05. The predicted octanol–water partition coefficient (Wildman–Crippen LogP) is 2.42. The van der Waals surface area contributed by atoms with Gasteiger partial charge in [0.1, 0.15) is 16.6 Å². The summed E-state index contributed by atoms with van der Waals surface area (Å²) in [6, 6.07) is 8.87. The van der Waals surface area contributed by atoms with Gasteiger partial charge in [0, 0.05) is 30.2 Å². The molecule has 4 rings (SSSR count). The van der Waals surface area contributed by atoms with Crippen molar-refractivity contribution in [3.63, 3.8) is 0 Å². The molecule has 0 amide bonds. The maximum absolute atomic E-state index is 12.7. The van der Waals surface area contributed by atoms with Gasteiger partial charge in [0.15, 0.2) is 0 Å². The molecule has 22 heavy (non-hydrogen) atoms. The number of thiophene rings is 1. The zero-order chi connectivity index (χ0) is 15.2. The van der Waals surface area contributed by atoms with E-state index in [2.05, 4.69) is 5.32 Å². The van der Waals surface area contributed by atoms with Gasteiger partial charge in [-0.25, -0.2) is 3.97 Å². The number of benzene rings is 1. The molecule has 7 heteroatoms. The van der Waals surface area contributed by atoms with E-state index in [0.717, 1.165) is 23.2 Å². The summed E-state index contributed by atoms with van der Waals surface area (Å²) in [5, 5.41) is 5.97. The minimum atomic E-state index is -3.54. The zero-order valence-corrected chi connectivity index (χ0v) is 13.3. The summed E-state index contributed by atoms with van der Waals surface area (Å²) in [4.78, 5) is 0. The lowest BCUT2D eigenvalue weighted by Gasteiger charge is -2.10. The Hall–Kier alpha value is -1.83. The van der Waals surface area contributed by atoms with Crippen molar-refractivity contribution >= 4 is 32.3 Å². The molecular weight excluding hydrogens is 320 g/mol. The molecule has 0 unspecified atom stereocenters. The van der Waals surface area contributed by atoms with Gasteiger partial charge in [-0.15, -0.1) is 11.3 Å². The average molecular weight is 334 g/mol. The second-order valence-corrected chi connectivity index (χ2v) is 8.04. The molecule has 1 aliphatic rings. The van der Waals surface area contributed by atoms with Crippen LogP contribution in [0, 0.1) is 0 Å². The molecule has 0 bridgehead atoms. The highest BCUT2D eigenvalue weighted by atomic mass is 32.2. The quantitative estimate of drug-likeness (QED) is 0.782. The van der Waals surface area contributed by atoms with Gasteiger partial charge in [-0.05, 0) is 29.6 Å². The highest BCUT2D eigenvalue weighted by Crippen LogP contribution is 2.32. The van der Waals surface area contributed by atoms with Crippen LogP contribution in [0.1, 0.15) is 5.56 Å². The molecule has 2 aromatic heterocycles. The first kappa shape index (κ1) is 13.8. The third-order valence-electron chi connectivity index (χ3n) is 3.75. The van der Waals surface area contributed by atoms with Gasteiger partial charge in [0.2, 0.25) is 0 Å². The van der Waals surface area contributed by atoms with Gasteiger partial charge in [-0.2, -0.15) is 8.42 Å². The van der Waals surface area contributed by atoms with Gasteiger partial charge in [-0.3, -0.25) is 0 Å². The second-order valence-electron chi connectivity index (χ2n) is 5.05. The van der Waals surface area contributed by atoms with E-state index < -0.39 is 10.0 Å². The number of aromatic nitrogens is 1. The second kappa shape index (κ2) is 5.12. The molecule has 0 fully saturated rings. The first-order valence-electron chi connectivity index (χ1n) is 6.93. The summed E-state index contributed by atoms with van der Waals surface area (Å²) in [5.74, 6) is 0.823. The Balaban J connectivity index is 1.93. The van der Waals surface area contributed by atoms with Crippen LogP contribution in [-0.2, 0) is 16.6 Å². The van der Waals surface area contributed by atoms with Gasteiger partial charge >= 0.3 is 0 Å². The summed E-state index contributed by atoms with van der Waals surface area (Å²) in [7, 11) is -3.54. The van der Waals surface area contributed by atoms with E-state index in [1.54, 1.807) is 23.7 Å². The van der Waals surface area contributed by atoms with E-state index in [4.69, 9.17) is 4.74 Å². The summed E-state index contributed by atoms with van der Waals surface area (Å²) < 4.78 is 32.9. The smallest absolute Gasteiger partial charge is 0.277 e. The van der Waals surface area contributed by atoms with Crippen LogP contribution >= 0.6 is 11.3 Å². The summed E-state index contributed by atoms with van der Waals surface area (Å²) in [6.07, 6.45) is 1.62. The lowest BCUT2D eigenvalue weighted by molar-refractivity contribution is 0.326. The largest absolute Gasteiger partial charge is 0.492 e. The number of rotatable bonds is 2. The Bertz CT molecular complexity index is 927. The molecule has 1 aromatic carbocycles. The SMILES string of the molecule is O=S(=O)(c1cccs1)n1ccc2c3c(ccc21)OCCNC3. The van der Waals surface area contributed by atoms with Crippen molar-refractivity contribution in [2.24, 2.45) is 0 Å². The first-order chi connectivity index (χ1) is 10.7. The monoisotopic (exact) mass is 334 g/mol. The van der Waals surface area contributed by atoms with Crippen LogP contribution in [-0.4, -0.2) is 25.5 Å². The number of hydrogen-bond donors (Lipinski definition) is 1. The van der Waals surface area contributed by atoms with Crippen molar-refractivity contribution in [2.75, 3.05) is 13.2 Å². The normalized spacial score (nSPS) is 15.3. The van der Waals surface area contributed by atoms with Crippen molar-refractivity contribution in [2.45, 2.75) is 10.8 Å². The number of nitrogens with one attached hydrogen (secondary N) is 1. The third-order valence-corrected chi connectivity index (χ3v) is 6.81. The molecule has 0 aliphatic carbocycles. The van der Waals surface area contributed by atoms with Crippen molar-refractivity contribution in [3.05, 3.63) is 47.5 Å². The van der Waals surface area contributed by atoms with Gasteiger partial charge < -0.3 is 10.1 Å². The Morgan fingerprint density at radius 1 is 1.23 bits per heavy atom. The Labute approximate surface area is 132 Å². The lowest BCUT2D eigenvalue weighted by atomic mass is 10.1. The number of hydrogen-bond acceptors (Lipinski definition) is 5. The van der Waals surface area contributed by atoms with E-state index in [1.165, 1.54) is 15.3 Å². The molecular formula is C15H14N2O3S2. The van der Waals surface area contributed by atoms with Gasteiger partial charge in [-0.1, -0.05) is 6.07 Å². The topological polar surface area (TPSA) is 60.3 Å². The predicted molar refractivity (Wildman–Crippen MR) is 86.0 cm³/mol. The van der Waals surface area contributed by atoms with Crippen LogP contribution in [0.5, 0.6) is 5.75 Å². The molecule has 5 nitrogen and oxygen atoms in total. The van der Waals surface area contributed by atoms with Crippen LogP contribution in [0.2, 0.25) is 0 Å². The summed E-state index contributed by atoms with van der Waals surface area (Å²) in [5.41, 5.74) is 1.69. The summed E-state index contributed by atoms with van der Waals surface area (Å²) in [6.45, 7) is 2.08. The van der Waals surface area contributed by atoms with Crippen LogP contribution in [0.4, 0.5) is 0 Å². The van der Waals surface area contributed by atoms with Crippen molar-refractivity contribution in [1.82, 2.24) is 9.29 Å². The standard InChI is InChI=1S/C15H14N2O3S2/c18-22(19,15-2-1-9-21-15)17-7-5-11-12-10-16-6-8-20-14(12)4-3-13(11)17/h1-5,7,9,16H,6,8,10H2. The fourth-order valence-electron chi connectivity index (χ4n) is 2.71. The Morgan fingerprint density at radius 2 is 2.14 bits per heavy atom. The lowest BCUT2D eigenvalue weighted by Crippen LogP contribution is -2.16. The minimum absolute atomic E-state index is 0.342. The van der Waals surface area contributed by atoms with Crippen LogP contribution in [0.25, 0.3) is 10.9 Å². The molecule has 0 saturated heterocycles. The highest BCUT2D eigenvalue weighted by molar-refractivity contribution is 7.92. The van der Waals surface area contributed by atoms with Crippen molar-refractivity contribution in [1.29, 1.82) is 0 Å². The van der Waals surface area contributed by atoms with Crippen molar-refractivity contribution < 1.29 is 13.2 Å². The first-order valence-corrected chi connectivity index (χ1v) is 9.25. The molecule has 3 heterocycles. The van der Waals surface area contributed by atoms with Crippen molar-refractivity contribution in [3.8, 4) is 5.75 Å². The molecule has 0 radical (unpaired) electrons. The van der Waals surface area contributed by atoms with Crippen LogP contribution in [0.3, 0.4) is 0 Å². The van der Waals surface area contributed by atoms with Crippen LogP contribution in [0.15, 0.2) is 46.1 Å². The molecule has 3 aromatic rings. The molecule has 1 aliphatic heterocycles. The molecule has 0 spiro atoms. The Morgan fingerprint density at radius 3 is 2.95 bits per heavy atom.